The number of nitrogens with zero attached hydrogens (tertiary/aromatic N) is 1. The number of aromatic nitrogens is 1. The predicted octanol–water partition coefficient (Wildman–Crippen LogP) is 2.76. The van der Waals surface area contributed by atoms with E-state index in [4.69, 9.17) is 0 Å². The third-order valence-electron chi connectivity index (χ3n) is 3.68. The summed E-state index contributed by atoms with van der Waals surface area (Å²) in [6.07, 6.45) is 2.07. The summed E-state index contributed by atoms with van der Waals surface area (Å²) in [6.45, 7) is 2.49. The standard InChI is InChI=1S/C16H16N2O2S/c1-2-10-9-21-15(18-10)8-17-16(20)13-5-3-4-12-11(13)6-7-14(12)19/h3-5,9H,2,6-8H2,1H3,(H,17,20). The molecule has 1 heterocycles. The fraction of sp³-hybridized carbons (Fsp3) is 0.312. The molecule has 1 amide bonds. The Balaban J connectivity index is 1.73. The van der Waals surface area contributed by atoms with Crippen LogP contribution >= 0.6 is 11.3 Å². The van der Waals surface area contributed by atoms with Gasteiger partial charge in [-0.25, -0.2) is 4.98 Å². The third-order valence-corrected chi connectivity index (χ3v) is 4.58. The molecule has 1 aromatic carbocycles. The van der Waals surface area contributed by atoms with Crippen LogP contribution in [0.3, 0.4) is 0 Å². The molecule has 0 aliphatic heterocycles. The number of carbonyl (C=O) groups is 2. The van der Waals surface area contributed by atoms with E-state index in [0.717, 1.165) is 22.7 Å². The van der Waals surface area contributed by atoms with E-state index in [2.05, 4.69) is 17.2 Å². The first kappa shape index (κ1) is 13.9. The Labute approximate surface area is 127 Å². The van der Waals surface area contributed by atoms with E-state index in [1.807, 2.05) is 5.38 Å². The number of hydrogen-bond donors (Lipinski definition) is 1. The maximum absolute atomic E-state index is 12.3. The van der Waals surface area contributed by atoms with Gasteiger partial charge >= 0.3 is 0 Å². The van der Waals surface area contributed by atoms with E-state index >= 15 is 0 Å². The molecule has 0 spiro atoms. The SMILES string of the molecule is CCc1csc(CNC(=O)c2cccc3c2CCC3=O)n1. The van der Waals surface area contributed by atoms with E-state index in [0.29, 0.717) is 30.5 Å². The van der Waals surface area contributed by atoms with E-state index in [-0.39, 0.29) is 11.7 Å². The highest BCUT2D eigenvalue weighted by Crippen LogP contribution is 2.25. The van der Waals surface area contributed by atoms with Crippen LogP contribution in [0, 0.1) is 0 Å². The van der Waals surface area contributed by atoms with E-state index in [1.54, 1.807) is 29.5 Å². The van der Waals surface area contributed by atoms with Crippen LogP contribution in [0.1, 0.15) is 50.3 Å². The number of hydrogen-bond acceptors (Lipinski definition) is 4. The first-order chi connectivity index (χ1) is 10.2. The highest BCUT2D eigenvalue weighted by atomic mass is 32.1. The Morgan fingerprint density at radius 2 is 2.24 bits per heavy atom. The minimum absolute atomic E-state index is 0.130. The number of benzene rings is 1. The van der Waals surface area contributed by atoms with Crippen molar-refractivity contribution in [1.82, 2.24) is 10.3 Å². The Kier molecular flexibility index (Phi) is 3.84. The van der Waals surface area contributed by atoms with Crippen LogP contribution in [0.25, 0.3) is 0 Å². The Morgan fingerprint density at radius 1 is 1.38 bits per heavy atom. The van der Waals surface area contributed by atoms with Crippen molar-refractivity contribution in [3.63, 3.8) is 0 Å². The van der Waals surface area contributed by atoms with Crippen LogP contribution in [0.2, 0.25) is 0 Å². The van der Waals surface area contributed by atoms with Crippen molar-refractivity contribution in [3.05, 3.63) is 51.0 Å². The van der Waals surface area contributed by atoms with E-state index in [9.17, 15) is 9.59 Å². The van der Waals surface area contributed by atoms with Gasteiger partial charge in [-0.05, 0) is 24.5 Å². The van der Waals surface area contributed by atoms with Gasteiger partial charge in [-0.2, -0.15) is 0 Å². The van der Waals surface area contributed by atoms with Gasteiger partial charge in [-0.15, -0.1) is 11.3 Å². The minimum atomic E-state index is -0.130. The number of fused-ring (bicyclic) bond motifs is 1. The zero-order valence-electron chi connectivity index (χ0n) is 11.8. The summed E-state index contributed by atoms with van der Waals surface area (Å²) in [6, 6.07) is 5.36. The zero-order valence-corrected chi connectivity index (χ0v) is 12.6. The number of aryl methyl sites for hydroxylation is 1. The third kappa shape index (κ3) is 2.74. The summed E-state index contributed by atoms with van der Waals surface area (Å²) in [5.74, 6) is 0.00181. The molecule has 1 aliphatic carbocycles. The van der Waals surface area contributed by atoms with Gasteiger partial charge < -0.3 is 5.32 Å². The van der Waals surface area contributed by atoms with Crippen molar-refractivity contribution in [2.75, 3.05) is 0 Å². The molecule has 5 heteroatoms. The fourth-order valence-corrected chi connectivity index (χ4v) is 3.36. The molecule has 0 unspecified atom stereocenters. The second-order valence-electron chi connectivity index (χ2n) is 5.02. The van der Waals surface area contributed by atoms with Gasteiger partial charge in [0.1, 0.15) is 5.01 Å². The molecular formula is C16H16N2O2S. The summed E-state index contributed by atoms with van der Waals surface area (Å²) in [7, 11) is 0. The lowest BCUT2D eigenvalue weighted by Crippen LogP contribution is -2.24. The van der Waals surface area contributed by atoms with Crippen molar-refractivity contribution < 1.29 is 9.59 Å². The lowest BCUT2D eigenvalue weighted by Gasteiger charge is -2.07. The second-order valence-corrected chi connectivity index (χ2v) is 5.97. The zero-order chi connectivity index (χ0) is 14.8. The quantitative estimate of drug-likeness (QED) is 0.944. The lowest BCUT2D eigenvalue weighted by atomic mass is 10.0. The number of ketones is 1. The molecular weight excluding hydrogens is 284 g/mol. The second kappa shape index (κ2) is 5.77. The average molecular weight is 300 g/mol. The topological polar surface area (TPSA) is 59.1 Å². The molecule has 2 aromatic rings. The molecule has 4 nitrogen and oxygen atoms in total. The minimum Gasteiger partial charge on any atom is -0.346 e. The van der Waals surface area contributed by atoms with Gasteiger partial charge in [0, 0.05) is 22.9 Å². The number of rotatable bonds is 4. The van der Waals surface area contributed by atoms with Gasteiger partial charge in [0.05, 0.1) is 12.2 Å². The van der Waals surface area contributed by atoms with E-state index in [1.165, 1.54) is 0 Å². The molecule has 108 valence electrons. The predicted molar refractivity (Wildman–Crippen MR) is 81.8 cm³/mol. The van der Waals surface area contributed by atoms with E-state index < -0.39 is 0 Å². The molecule has 1 aliphatic rings. The van der Waals surface area contributed by atoms with Crippen molar-refractivity contribution >= 4 is 23.0 Å². The summed E-state index contributed by atoms with van der Waals surface area (Å²) < 4.78 is 0. The maximum Gasteiger partial charge on any atom is 0.251 e. The molecule has 1 N–H and O–H groups in total. The van der Waals surface area contributed by atoms with Crippen LogP contribution in [-0.4, -0.2) is 16.7 Å². The fourth-order valence-electron chi connectivity index (χ4n) is 2.55. The largest absolute Gasteiger partial charge is 0.346 e. The van der Waals surface area contributed by atoms with Crippen LogP contribution in [0.5, 0.6) is 0 Å². The number of amides is 1. The average Bonchev–Trinajstić information content (AvgIpc) is 3.12. The highest BCUT2D eigenvalue weighted by molar-refractivity contribution is 7.09. The monoisotopic (exact) mass is 300 g/mol. The Hall–Kier alpha value is -2.01. The van der Waals surface area contributed by atoms with Crippen LogP contribution in [0.15, 0.2) is 23.6 Å². The molecule has 21 heavy (non-hydrogen) atoms. The lowest BCUT2D eigenvalue weighted by molar-refractivity contribution is 0.0949. The number of thiazole rings is 1. The van der Waals surface area contributed by atoms with Gasteiger partial charge in [0.25, 0.3) is 5.91 Å². The number of nitrogens with one attached hydrogen (secondary N) is 1. The molecule has 0 atom stereocenters. The molecule has 0 radical (unpaired) electrons. The van der Waals surface area contributed by atoms with Gasteiger partial charge in [0.2, 0.25) is 0 Å². The Morgan fingerprint density at radius 3 is 3.00 bits per heavy atom. The molecule has 3 rings (SSSR count). The van der Waals surface area contributed by atoms with Crippen molar-refractivity contribution in [2.45, 2.75) is 32.7 Å². The normalized spacial score (nSPS) is 13.3. The van der Waals surface area contributed by atoms with Crippen molar-refractivity contribution in [2.24, 2.45) is 0 Å². The summed E-state index contributed by atoms with van der Waals surface area (Å²) in [4.78, 5) is 28.5. The van der Waals surface area contributed by atoms with Crippen molar-refractivity contribution in [3.8, 4) is 0 Å². The molecule has 0 saturated carbocycles. The van der Waals surface area contributed by atoms with Gasteiger partial charge in [-0.1, -0.05) is 19.1 Å². The molecule has 0 bridgehead atoms. The molecule has 0 saturated heterocycles. The Bertz CT molecular complexity index is 706. The van der Waals surface area contributed by atoms with Gasteiger partial charge in [0.15, 0.2) is 5.78 Å². The maximum atomic E-state index is 12.3. The van der Waals surface area contributed by atoms with Gasteiger partial charge in [-0.3, -0.25) is 9.59 Å². The highest BCUT2D eigenvalue weighted by Gasteiger charge is 2.24. The van der Waals surface area contributed by atoms with Crippen LogP contribution in [-0.2, 0) is 19.4 Å². The summed E-state index contributed by atoms with van der Waals surface area (Å²) in [5, 5.41) is 5.82. The summed E-state index contributed by atoms with van der Waals surface area (Å²) >= 11 is 1.56. The number of carbonyl (C=O) groups excluding carboxylic acids is 2. The smallest absolute Gasteiger partial charge is 0.251 e. The summed E-state index contributed by atoms with van der Waals surface area (Å²) in [5.41, 5.74) is 3.25. The molecule has 0 fully saturated rings. The van der Waals surface area contributed by atoms with Crippen LogP contribution in [0.4, 0.5) is 0 Å². The molecule has 1 aromatic heterocycles. The first-order valence-corrected chi connectivity index (χ1v) is 7.93. The van der Waals surface area contributed by atoms with Crippen LogP contribution < -0.4 is 5.32 Å². The first-order valence-electron chi connectivity index (χ1n) is 7.05. The number of Topliss-reactive ketones (excluding diaryl/α,β-unsaturated/α-hetero) is 1. The van der Waals surface area contributed by atoms with Crippen molar-refractivity contribution in [1.29, 1.82) is 0 Å².